The molecule has 1 aromatic carbocycles. The van der Waals surface area contributed by atoms with Crippen LogP contribution >= 0.6 is 11.6 Å². The Kier molecular flexibility index (Phi) is 5.36. The van der Waals surface area contributed by atoms with Crippen molar-refractivity contribution in [2.45, 2.75) is 45.1 Å². The summed E-state index contributed by atoms with van der Waals surface area (Å²) in [6.45, 7) is 6.10. The summed E-state index contributed by atoms with van der Waals surface area (Å²) in [6, 6.07) is 8.69. The maximum Gasteiger partial charge on any atom is 0.229 e. The molecule has 0 bridgehead atoms. The van der Waals surface area contributed by atoms with Crippen LogP contribution in [0.25, 0.3) is 0 Å². The first kappa shape index (κ1) is 19.9. The number of nitrogens with one attached hydrogen (secondary N) is 1. The zero-order valence-corrected chi connectivity index (χ0v) is 17.3. The van der Waals surface area contributed by atoms with Gasteiger partial charge in [-0.25, -0.2) is 13.1 Å². The number of anilines is 1. The molecule has 1 saturated heterocycles. The van der Waals surface area contributed by atoms with Gasteiger partial charge in [-0.3, -0.25) is 4.79 Å². The minimum absolute atomic E-state index is 0.0539. The second kappa shape index (κ2) is 7.28. The number of halogens is 1. The molecule has 1 amide bonds. The third kappa shape index (κ3) is 4.90. The Bertz CT molecular complexity index is 944. The monoisotopic (exact) mass is 409 g/mol. The average molecular weight is 410 g/mol. The molecule has 1 aliphatic rings. The Balaban J connectivity index is 1.83. The largest absolute Gasteiger partial charge is 0.311 e. The molecule has 0 aliphatic carbocycles. The smallest absolute Gasteiger partial charge is 0.229 e. The molecule has 1 fully saturated rings. The van der Waals surface area contributed by atoms with Gasteiger partial charge in [0.15, 0.2) is 9.84 Å². The van der Waals surface area contributed by atoms with Gasteiger partial charge in [-0.1, -0.05) is 44.5 Å². The summed E-state index contributed by atoms with van der Waals surface area (Å²) in [5.74, 6) is 0.569. The van der Waals surface area contributed by atoms with Crippen LogP contribution in [-0.2, 0) is 26.5 Å². The fourth-order valence-corrected chi connectivity index (χ4v) is 4.89. The summed E-state index contributed by atoms with van der Waals surface area (Å²) < 4.78 is 25.4. The van der Waals surface area contributed by atoms with E-state index in [9.17, 15) is 13.2 Å². The molecule has 1 aliphatic heterocycles. The van der Waals surface area contributed by atoms with Gasteiger partial charge in [0.25, 0.3) is 0 Å². The second-order valence-corrected chi connectivity index (χ2v) is 10.7. The lowest BCUT2D eigenvalue weighted by atomic mass is 9.92. The Morgan fingerprint density at radius 2 is 1.96 bits per heavy atom. The molecule has 27 heavy (non-hydrogen) atoms. The second-order valence-electron chi connectivity index (χ2n) is 8.02. The maximum absolute atomic E-state index is 12.5. The van der Waals surface area contributed by atoms with Crippen molar-refractivity contribution in [1.82, 2.24) is 9.78 Å². The summed E-state index contributed by atoms with van der Waals surface area (Å²) >= 11 is 5.88. The molecule has 3 rings (SSSR count). The maximum atomic E-state index is 12.5. The highest BCUT2D eigenvalue weighted by Gasteiger charge is 2.32. The molecule has 1 aromatic heterocycles. The molecule has 1 N–H and O–H groups in total. The van der Waals surface area contributed by atoms with Crippen molar-refractivity contribution in [2.75, 3.05) is 16.8 Å². The molecule has 8 heteroatoms. The van der Waals surface area contributed by atoms with Crippen molar-refractivity contribution in [2.24, 2.45) is 0 Å². The lowest BCUT2D eigenvalue weighted by molar-refractivity contribution is -0.115. The fourth-order valence-electron chi connectivity index (χ4n) is 3.08. The summed E-state index contributed by atoms with van der Waals surface area (Å²) in [4.78, 5) is 12.5. The first-order valence-electron chi connectivity index (χ1n) is 8.88. The van der Waals surface area contributed by atoms with Crippen LogP contribution in [0.2, 0.25) is 5.02 Å². The van der Waals surface area contributed by atoms with Crippen LogP contribution in [-0.4, -0.2) is 35.6 Å². The summed E-state index contributed by atoms with van der Waals surface area (Å²) in [7, 11) is -3.05. The van der Waals surface area contributed by atoms with Crippen LogP contribution in [0, 0.1) is 0 Å². The Labute approximate surface area is 164 Å². The van der Waals surface area contributed by atoms with Gasteiger partial charge in [0, 0.05) is 16.5 Å². The molecule has 0 spiro atoms. The number of amides is 1. The molecule has 1 atom stereocenters. The van der Waals surface area contributed by atoms with Crippen molar-refractivity contribution in [3.8, 4) is 0 Å². The topological polar surface area (TPSA) is 81.1 Å². The van der Waals surface area contributed by atoms with Crippen molar-refractivity contribution < 1.29 is 13.2 Å². The first-order chi connectivity index (χ1) is 12.5. The Morgan fingerprint density at radius 1 is 1.30 bits per heavy atom. The molecule has 6 nitrogen and oxygen atoms in total. The minimum Gasteiger partial charge on any atom is -0.311 e. The van der Waals surface area contributed by atoms with Gasteiger partial charge >= 0.3 is 0 Å². The number of hydrogen-bond acceptors (Lipinski definition) is 4. The number of benzene rings is 1. The molecular weight excluding hydrogens is 386 g/mol. The normalized spacial score (nSPS) is 19.2. The van der Waals surface area contributed by atoms with E-state index in [1.165, 1.54) is 0 Å². The van der Waals surface area contributed by atoms with Gasteiger partial charge in [-0.15, -0.1) is 0 Å². The van der Waals surface area contributed by atoms with Crippen LogP contribution in [0.3, 0.4) is 0 Å². The van der Waals surface area contributed by atoms with Gasteiger partial charge in [-0.05, 0) is 24.1 Å². The van der Waals surface area contributed by atoms with Gasteiger partial charge in [-0.2, -0.15) is 5.10 Å². The zero-order valence-electron chi connectivity index (χ0n) is 15.7. The predicted octanol–water partition coefficient (Wildman–Crippen LogP) is 3.37. The van der Waals surface area contributed by atoms with Crippen molar-refractivity contribution in [3.05, 3.63) is 46.6 Å². The van der Waals surface area contributed by atoms with E-state index in [1.807, 2.05) is 39.0 Å². The minimum atomic E-state index is -3.05. The highest BCUT2D eigenvalue weighted by atomic mass is 35.5. The SMILES string of the molecule is CC(C)(C)c1cc(NC(=O)Cc2ccc(Cl)cc2)n([C@@H]2CCS(=O)(=O)C2)n1. The van der Waals surface area contributed by atoms with Crippen LogP contribution in [0.1, 0.15) is 44.5 Å². The van der Waals surface area contributed by atoms with E-state index in [4.69, 9.17) is 11.6 Å². The summed E-state index contributed by atoms with van der Waals surface area (Å²) in [5.41, 5.74) is 1.45. The van der Waals surface area contributed by atoms with E-state index in [0.717, 1.165) is 11.3 Å². The molecule has 146 valence electrons. The van der Waals surface area contributed by atoms with E-state index in [1.54, 1.807) is 16.8 Å². The number of carbonyl (C=O) groups excluding carboxylic acids is 1. The van der Waals surface area contributed by atoms with Gasteiger partial charge in [0.05, 0.1) is 29.7 Å². The number of hydrogen-bond donors (Lipinski definition) is 1. The predicted molar refractivity (Wildman–Crippen MR) is 107 cm³/mol. The van der Waals surface area contributed by atoms with Crippen molar-refractivity contribution in [3.63, 3.8) is 0 Å². The highest BCUT2D eigenvalue weighted by Crippen LogP contribution is 2.31. The third-order valence-electron chi connectivity index (χ3n) is 4.60. The first-order valence-corrected chi connectivity index (χ1v) is 11.1. The number of aromatic nitrogens is 2. The van der Waals surface area contributed by atoms with E-state index >= 15 is 0 Å². The standard InChI is InChI=1S/C19H24ClN3O3S/c1-19(2,3)16-11-17(23(22-16)15-8-9-27(25,26)12-15)21-18(24)10-13-4-6-14(20)7-5-13/h4-7,11,15H,8-10,12H2,1-3H3,(H,21,24)/t15-/m1/s1. The lowest BCUT2D eigenvalue weighted by Gasteiger charge is -2.15. The molecule has 2 heterocycles. The zero-order chi connectivity index (χ0) is 19.8. The molecule has 0 saturated carbocycles. The van der Waals surface area contributed by atoms with Gasteiger partial charge < -0.3 is 5.32 Å². The average Bonchev–Trinajstić information content (AvgIpc) is 3.12. The third-order valence-corrected chi connectivity index (χ3v) is 6.61. The molecule has 0 unspecified atom stereocenters. The van der Waals surface area contributed by atoms with Gasteiger partial charge in [0.2, 0.25) is 5.91 Å². The van der Waals surface area contributed by atoms with E-state index in [-0.39, 0.29) is 35.3 Å². The quantitative estimate of drug-likeness (QED) is 0.839. The van der Waals surface area contributed by atoms with E-state index in [2.05, 4.69) is 10.4 Å². The Hall–Kier alpha value is -1.86. The van der Waals surface area contributed by atoms with Crippen molar-refractivity contribution in [1.29, 1.82) is 0 Å². The highest BCUT2D eigenvalue weighted by molar-refractivity contribution is 7.91. The van der Waals surface area contributed by atoms with Crippen LogP contribution in [0.4, 0.5) is 5.82 Å². The number of carbonyl (C=O) groups is 1. The van der Waals surface area contributed by atoms with Crippen LogP contribution in [0.15, 0.2) is 30.3 Å². The van der Waals surface area contributed by atoms with E-state index < -0.39 is 9.84 Å². The number of sulfone groups is 1. The van der Waals surface area contributed by atoms with Crippen molar-refractivity contribution >= 4 is 33.2 Å². The lowest BCUT2D eigenvalue weighted by Crippen LogP contribution is -2.21. The number of nitrogens with zero attached hydrogens (tertiary/aromatic N) is 2. The summed E-state index contributed by atoms with van der Waals surface area (Å²) in [5, 5.41) is 8.14. The van der Waals surface area contributed by atoms with Gasteiger partial charge in [0.1, 0.15) is 5.82 Å². The van der Waals surface area contributed by atoms with Crippen LogP contribution in [0.5, 0.6) is 0 Å². The fraction of sp³-hybridized carbons (Fsp3) is 0.474. The number of rotatable bonds is 4. The van der Waals surface area contributed by atoms with Crippen LogP contribution < -0.4 is 5.32 Å². The molecule has 0 radical (unpaired) electrons. The summed E-state index contributed by atoms with van der Waals surface area (Å²) in [6.07, 6.45) is 0.712. The molecule has 2 aromatic rings. The van der Waals surface area contributed by atoms with E-state index in [0.29, 0.717) is 17.3 Å². The Morgan fingerprint density at radius 3 is 2.52 bits per heavy atom. The molecular formula is C19H24ClN3O3S.